The first kappa shape index (κ1) is 22.1. The van der Waals surface area contributed by atoms with Crippen molar-refractivity contribution < 1.29 is 9.84 Å². The van der Waals surface area contributed by atoms with Gasteiger partial charge < -0.3 is 25.0 Å². The lowest BCUT2D eigenvalue weighted by Gasteiger charge is -2.27. The first-order valence-corrected chi connectivity index (χ1v) is 10.4. The van der Waals surface area contributed by atoms with Gasteiger partial charge in [-0.05, 0) is 68.5 Å². The summed E-state index contributed by atoms with van der Waals surface area (Å²) in [5.74, 6) is 0.738. The molecule has 0 saturated heterocycles. The average molecular weight is 446 g/mol. The maximum absolute atomic E-state index is 12.6. The summed E-state index contributed by atoms with van der Waals surface area (Å²) in [6.07, 6.45) is -0.631. The molecule has 0 fully saturated rings. The Kier molecular flexibility index (Phi) is 7.31. The van der Waals surface area contributed by atoms with Crippen LogP contribution in [0.2, 0.25) is 5.02 Å². The topological polar surface area (TPSA) is 77.6 Å². The number of halogens is 1. The van der Waals surface area contributed by atoms with Crippen LogP contribution in [-0.4, -0.2) is 39.4 Å². The molecule has 0 radical (unpaired) electrons. The number of aromatic nitrogens is 1. The van der Waals surface area contributed by atoms with E-state index in [9.17, 15) is 9.90 Å². The molecular formula is C22H24ClN3O3S. The predicted molar refractivity (Wildman–Crippen MR) is 126 cm³/mol. The van der Waals surface area contributed by atoms with E-state index in [2.05, 4.69) is 10.3 Å². The van der Waals surface area contributed by atoms with Crippen LogP contribution in [-0.2, 0) is 6.54 Å². The molecule has 0 amide bonds. The number of ether oxygens (including phenoxy) is 1. The molecule has 30 heavy (non-hydrogen) atoms. The largest absolute Gasteiger partial charge is 0.494 e. The monoisotopic (exact) mass is 445 g/mol. The maximum atomic E-state index is 12.6. The third kappa shape index (κ3) is 5.72. The van der Waals surface area contributed by atoms with Crippen molar-refractivity contribution in [2.45, 2.75) is 26.5 Å². The number of pyridine rings is 1. The smallest absolute Gasteiger partial charge is 0.253 e. The number of rotatable bonds is 7. The zero-order valence-electron chi connectivity index (χ0n) is 16.8. The van der Waals surface area contributed by atoms with Gasteiger partial charge in [-0.1, -0.05) is 17.7 Å². The summed E-state index contributed by atoms with van der Waals surface area (Å²) in [7, 11) is 0. The van der Waals surface area contributed by atoms with E-state index in [0.717, 1.165) is 22.3 Å². The van der Waals surface area contributed by atoms with E-state index in [-0.39, 0.29) is 18.6 Å². The standard InChI is InChI=1S/C22H24ClN3O3S/c1-3-29-19-7-8-20-15(10-19)9-16(21(28)25-20)13-26(12-14(2)27)22(30)24-18-6-4-5-17(23)11-18/h4-11,14,27H,3,12-13H2,1-2H3,(H,24,30)(H,25,28). The van der Waals surface area contributed by atoms with Crippen molar-refractivity contribution in [1.82, 2.24) is 9.88 Å². The van der Waals surface area contributed by atoms with Crippen LogP contribution in [0.3, 0.4) is 0 Å². The van der Waals surface area contributed by atoms with Crippen LogP contribution in [0, 0.1) is 0 Å². The lowest BCUT2D eigenvalue weighted by atomic mass is 10.1. The van der Waals surface area contributed by atoms with Crippen molar-refractivity contribution in [3.05, 3.63) is 69.5 Å². The van der Waals surface area contributed by atoms with E-state index in [1.54, 1.807) is 24.0 Å². The fraction of sp³-hybridized carbons (Fsp3) is 0.273. The molecule has 8 heteroatoms. The summed E-state index contributed by atoms with van der Waals surface area (Å²) in [6, 6.07) is 14.6. The molecule has 3 rings (SSSR count). The van der Waals surface area contributed by atoms with Crippen molar-refractivity contribution >= 4 is 45.5 Å². The molecule has 2 aromatic carbocycles. The molecule has 158 valence electrons. The van der Waals surface area contributed by atoms with Crippen LogP contribution in [0.1, 0.15) is 19.4 Å². The van der Waals surface area contributed by atoms with E-state index in [1.807, 2.05) is 43.3 Å². The Hall–Kier alpha value is -2.61. The fourth-order valence-corrected chi connectivity index (χ4v) is 3.56. The van der Waals surface area contributed by atoms with E-state index in [1.165, 1.54) is 0 Å². The Morgan fingerprint density at radius 3 is 2.80 bits per heavy atom. The summed E-state index contributed by atoms with van der Waals surface area (Å²) in [6.45, 7) is 4.66. The molecule has 1 atom stereocenters. The number of fused-ring (bicyclic) bond motifs is 1. The first-order chi connectivity index (χ1) is 14.4. The molecule has 0 saturated carbocycles. The van der Waals surface area contributed by atoms with E-state index < -0.39 is 6.10 Å². The second-order valence-corrected chi connectivity index (χ2v) is 7.80. The van der Waals surface area contributed by atoms with Gasteiger partial charge in [0.25, 0.3) is 5.56 Å². The van der Waals surface area contributed by atoms with Crippen LogP contribution < -0.4 is 15.6 Å². The number of thiocarbonyl (C=S) groups is 1. The normalized spacial score (nSPS) is 11.9. The molecule has 1 unspecified atom stereocenters. The fourth-order valence-electron chi connectivity index (χ4n) is 3.12. The van der Waals surface area contributed by atoms with Gasteiger partial charge in [0.2, 0.25) is 0 Å². The predicted octanol–water partition coefficient (Wildman–Crippen LogP) is 4.16. The lowest BCUT2D eigenvalue weighted by Crippen LogP contribution is -2.40. The minimum absolute atomic E-state index is 0.201. The van der Waals surface area contributed by atoms with Crippen LogP contribution in [0.5, 0.6) is 5.75 Å². The highest BCUT2D eigenvalue weighted by atomic mass is 35.5. The minimum Gasteiger partial charge on any atom is -0.494 e. The SMILES string of the molecule is CCOc1ccc2[nH]c(=O)c(CN(CC(C)O)C(=S)Nc3cccc(Cl)c3)cc2c1. The number of anilines is 1. The number of benzene rings is 2. The number of aliphatic hydroxyl groups is 1. The maximum Gasteiger partial charge on any atom is 0.253 e. The molecule has 0 aliphatic heterocycles. The summed E-state index contributed by atoms with van der Waals surface area (Å²) in [5, 5.41) is 14.9. The molecule has 0 aliphatic carbocycles. The van der Waals surface area contributed by atoms with Crippen molar-refractivity contribution in [3.8, 4) is 5.75 Å². The molecule has 6 nitrogen and oxygen atoms in total. The van der Waals surface area contributed by atoms with Crippen LogP contribution in [0.4, 0.5) is 5.69 Å². The number of H-pyrrole nitrogens is 1. The van der Waals surface area contributed by atoms with Gasteiger partial charge in [0.05, 0.1) is 19.3 Å². The molecule has 0 aliphatic rings. The van der Waals surface area contributed by atoms with Crippen molar-refractivity contribution in [2.75, 3.05) is 18.5 Å². The van der Waals surface area contributed by atoms with Crippen molar-refractivity contribution in [1.29, 1.82) is 0 Å². The van der Waals surface area contributed by atoms with Crippen molar-refractivity contribution in [3.63, 3.8) is 0 Å². The van der Waals surface area contributed by atoms with Gasteiger partial charge in [0.15, 0.2) is 5.11 Å². The Morgan fingerprint density at radius 2 is 2.10 bits per heavy atom. The average Bonchev–Trinajstić information content (AvgIpc) is 2.68. The number of nitrogens with zero attached hydrogens (tertiary/aromatic N) is 1. The Morgan fingerprint density at radius 1 is 1.30 bits per heavy atom. The molecule has 3 aromatic rings. The highest BCUT2D eigenvalue weighted by molar-refractivity contribution is 7.80. The van der Waals surface area contributed by atoms with Crippen LogP contribution >= 0.6 is 23.8 Å². The van der Waals surface area contributed by atoms with E-state index >= 15 is 0 Å². The molecule has 0 bridgehead atoms. The second kappa shape index (κ2) is 9.93. The third-order valence-electron chi connectivity index (χ3n) is 4.41. The third-order valence-corrected chi connectivity index (χ3v) is 5.01. The van der Waals surface area contributed by atoms with Crippen LogP contribution in [0.25, 0.3) is 10.9 Å². The van der Waals surface area contributed by atoms with Gasteiger partial charge in [-0.2, -0.15) is 0 Å². The Balaban J connectivity index is 1.87. The van der Waals surface area contributed by atoms with Crippen LogP contribution in [0.15, 0.2) is 53.3 Å². The molecule has 1 aromatic heterocycles. The molecule has 1 heterocycles. The zero-order chi connectivity index (χ0) is 21.7. The first-order valence-electron chi connectivity index (χ1n) is 9.64. The molecule has 0 spiro atoms. The number of aliphatic hydroxyl groups excluding tert-OH is 1. The number of hydrogen-bond donors (Lipinski definition) is 3. The molecular weight excluding hydrogens is 422 g/mol. The van der Waals surface area contributed by atoms with Gasteiger partial charge in [0, 0.05) is 33.7 Å². The van der Waals surface area contributed by atoms with E-state index in [0.29, 0.717) is 22.3 Å². The number of hydrogen-bond acceptors (Lipinski definition) is 4. The van der Waals surface area contributed by atoms with Gasteiger partial charge in [-0.15, -0.1) is 0 Å². The van der Waals surface area contributed by atoms with Gasteiger partial charge in [0.1, 0.15) is 5.75 Å². The quantitative estimate of drug-likeness (QED) is 0.474. The Bertz CT molecular complexity index is 1100. The second-order valence-electron chi connectivity index (χ2n) is 6.98. The lowest BCUT2D eigenvalue weighted by molar-refractivity contribution is 0.158. The van der Waals surface area contributed by atoms with Gasteiger partial charge in [-0.25, -0.2) is 0 Å². The van der Waals surface area contributed by atoms with Crippen molar-refractivity contribution in [2.24, 2.45) is 0 Å². The van der Waals surface area contributed by atoms with E-state index in [4.69, 9.17) is 28.6 Å². The minimum atomic E-state index is -0.631. The highest BCUT2D eigenvalue weighted by Crippen LogP contribution is 2.20. The number of nitrogens with one attached hydrogen (secondary N) is 2. The zero-order valence-corrected chi connectivity index (χ0v) is 18.4. The number of aromatic amines is 1. The molecule has 3 N–H and O–H groups in total. The van der Waals surface area contributed by atoms with Gasteiger partial charge in [-0.3, -0.25) is 4.79 Å². The summed E-state index contributed by atoms with van der Waals surface area (Å²) in [4.78, 5) is 17.3. The highest BCUT2D eigenvalue weighted by Gasteiger charge is 2.16. The summed E-state index contributed by atoms with van der Waals surface area (Å²) >= 11 is 11.6. The van der Waals surface area contributed by atoms with Gasteiger partial charge >= 0.3 is 0 Å². The summed E-state index contributed by atoms with van der Waals surface area (Å²) < 4.78 is 5.55. The Labute approximate surface area is 185 Å². The summed E-state index contributed by atoms with van der Waals surface area (Å²) in [5.41, 5.74) is 1.80.